The Morgan fingerprint density at radius 2 is 2.15 bits per heavy atom. The number of ether oxygens (including phenoxy) is 1. The quantitative estimate of drug-likeness (QED) is 0.642. The van der Waals surface area contributed by atoms with Crippen LogP contribution in [0.15, 0.2) is 41.7 Å². The molecule has 0 saturated heterocycles. The highest BCUT2D eigenvalue weighted by molar-refractivity contribution is 7.90. The summed E-state index contributed by atoms with van der Waals surface area (Å²) in [5, 5.41) is 9.81. The summed E-state index contributed by atoms with van der Waals surface area (Å²) < 4.78 is 33.3. The average Bonchev–Trinajstić information content (AvgIpc) is 3.39. The third-order valence-corrected chi connectivity index (χ3v) is 5.55. The first-order valence-electron chi connectivity index (χ1n) is 8.37. The SMILES string of the molecule is [O-][S+](Cc1cc(OCC2CC2)ccn1)c1nc2ccc(F)cc2n1CO. The predicted molar refractivity (Wildman–Crippen MR) is 94.5 cm³/mol. The first kappa shape index (κ1) is 17.3. The molecule has 26 heavy (non-hydrogen) atoms. The van der Waals surface area contributed by atoms with Gasteiger partial charge in [-0.1, -0.05) is 0 Å². The lowest BCUT2D eigenvalue weighted by atomic mass is 10.3. The van der Waals surface area contributed by atoms with E-state index in [0.29, 0.717) is 35.0 Å². The Morgan fingerprint density at radius 1 is 1.31 bits per heavy atom. The monoisotopic (exact) mass is 375 g/mol. The number of benzene rings is 1. The molecule has 6 nitrogen and oxygen atoms in total. The minimum atomic E-state index is -1.54. The van der Waals surface area contributed by atoms with Crippen LogP contribution in [0.5, 0.6) is 5.75 Å². The first-order chi connectivity index (χ1) is 12.6. The van der Waals surface area contributed by atoms with E-state index < -0.39 is 23.7 Å². The van der Waals surface area contributed by atoms with Gasteiger partial charge in [0.1, 0.15) is 18.3 Å². The molecule has 1 saturated carbocycles. The highest BCUT2D eigenvalue weighted by Gasteiger charge is 2.24. The minimum absolute atomic E-state index is 0.131. The van der Waals surface area contributed by atoms with E-state index >= 15 is 0 Å². The smallest absolute Gasteiger partial charge is 0.326 e. The highest BCUT2D eigenvalue weighted by Crippen LogP contribution is 2.30. The van der Waals surface area contributed by atoms with E-state index in [1.807, 2.05) is 0 Å². The molecule has 1 atom stereocenters. The van der Waals surface area contributed by atoms with Gasteiger partial charge in [0, 0.05) is 29.5 Å². The Hall–Kier alpha value is -2.16. The zero-order chi connectivity index (χ0) is 18.1. The third-order valence-electron chi connectivity index (χ3n) is 4.27. The van der Waals surface area contributed by atoms with Gasteiger partial charge in [-0.25, -0.2) is 4.39 Å². The van der Waals surface area contributed by atoms with Crippen molar-refractivity contribution in [1.82, 2.24) is 14.5 Å². The Kier molecular flexibility index (Phi) is 4.80. The number of imidazole rings is 1. The number of aliphatic hydroxyl groups is 1. The van der Waals surface area contributed by atoms with Crippen molar-refractivity contribution >= 4 is 22.2 Å². The number of rotatable bonds is 7. The zero-order valence-electron chi connectivity index (χ0n) is 14.0. The molecule has 1 unspecified atom stereocenters. The molecule has 3 aromatic rings. The molecule has 136 valence electrons. The van der Waals surface area contributed by atoms with Crippen LogP contribution >= 0.6 is 0 Å². The van der Waals surface area contributed by atoms with E-state index in [1.54, 1.807) is 18.3 Å². The molecule has 0 amide bonds. The lowest BCUT2D eigenvalue weighted by Crippen LogP contribution is -2.14. The minimum Gasteiger partial charge on any atom is -0.609 e. The molecule has 2 aromatic heterocycles. The second kappa shape index (κ2) is 7.22. The molecular formula is C18H18FN3O3S. The highest BCUT2D eigenvalue weighted by atomic mass is 32.2. The second-order valence-corrected chi connectivity index (χ2v) is 7.67. The van der Waals surface area contributed by atoms with Crippen LogP contribution in [-0.4, -0.2) is 30.8 Å². The molecule has 0 aliphatic heterocycles. The Labute approximate surface area is 152 Å². The number of aromatic nitrogens is 3. The van der Waals surface area contributed by atoms with Gasteiger partial charge in [-0.15, -0.1) is 0 Å². The lowest BCUT2D eigenvalue weighted by molar-refractivity contribution is 0.203. The number of hydrogen-bond acceptors (Lipinski definition) is 5. The fourth-order valence-electron chi connectivity index (χ4n) is 2.71. The standard InChI is InChI=1S/C18H18FN3O3S/c19-13-3-4-16-17(7-13)22(11-23)18(21-16)26(24)10-14-8-15(5-6-20-14)25-9-12-1-2-12/h3-8,12,23H,1-2,9-11H2. The molecule has 1 aliphatic carbocycles. The summed E-state index contributed by atoms with van der Waals surface area (Å²) in [4.78, 5) is 8.53. The summed E-state index contributed by atoms with van der Waals surface area (Å²) in [7, 11) is 0. The van der Waals surface area contributed by atoms with Crippen molar-refractivity contribution in [3.63, 3.8) is 0 Å². The van der Waals surface area contributed by atoms with Crippen molar-refractivity contribution in [2.24, 2.45) is 5.92 Å². The van der Waals surface area contributed by atoms with Crippen LogP contribution in [-0.2, 0) is 23.7 Å². The summed E-state index contributed by atoms with van der Waals surface area (Å²) in [6.45, 7) is 0.261. The Bertz CT molecular complexity index is 929. The van der Waals surface area contributed by atoms with Crippen LogP contribution in [0.3, 0.4) is 0 Å². The molecule has 4 rings (SSSR count). The first-order valence-corrected chi connectivity index (χ1v) is 9.68. The molecule has 8 heteroatoms. The van der Waals surface area contributed by atoms with Crippen LogP contribution in [0.1, 0.15) is 18.5 Å². The predicted octanol–water partition coefficient (Wildman–Crippen LogP) is 2.62. The van der Waals surface area contributed by atoms with Gasteiger partial charge in [0.2, 0.25) is 0 Å². The molecule has 0 spiro atoms. The molecule has 1 N–H and O–H groups in total. The zero-order valence-corrected chi connectivity index (χ0v) is 14.8. The van der Waals surface area contributed by atoms with E-state index in [0.717, 1.165) is 0 Å². The van der Waals surface area contributed by atoms with E-state index in [-0.39, 0.29) is 10.9 Å². The second-order valence-electron chi connectivity index (χ2n) is 6.32. The maximum absolute atomic E-state index is 13.5. The summed E-state index contributed by atoms with van der Waals surface area (Å²) in [5.74, 6) is 1.04. The average molecular weight is 375 g/mol. The third kappa shape index (κ3) is 3.67. The van der Waals surface area contributed by atoms with Crippen LogP contribution in [0, 0.1) is 11.7 Å². The van der Waals surface area contributed by atoms with Gasteiger partial charge in [-0.2, -0.15) is 4.98 Å². The summed E-state index contributed by atoms with van der Waals surface area (Å²) in [5.41, 5.74) is 1.50. The Morgan fingerprint density at radius 3 is 2.92 bits per heavy atom. The topological polar surface area (TPSA) is 83.2 Å². The molecule has 0 bridgehead atoms. The fraction of sp³-hybridized carbons (Fsp3) is 0.333. The van der Waals surface area contributed by atoms with E-state index in [1.165, 1.54) is 35.6 Å². The van der Waals surface area contributed by atoms with Gasteiger partial charge < -0.3 is 14.4 Å². The molecule has 1 fully saturated rings. The van der Waals surface area contributed by atoms with Crippen LogP contribution in [0.2, 0.25) is 0 Å². The van der Waals surface area contributed by atoms with Gasteiger partial charge in [0.25, 0.3) is 0 Å². The number of nitrogens with zero attached hydrogens (tertiary/aromatic N) is 3. The molecule has 0 radical (unpaired) electrons. The fourth-order valence-corrected chi connectivity index (χ4v) is 3.86. The number of fused-ring (bicyclic) bond motifs is 1. The number of halogens is 1. The van der Waals surface area contributed by atoms with E-state index in [9.17, 15) is 14.0 Å². The van der Waals surface area contributed by atoms with Gasteiger partial charge in [0.15, 0.2) is 5.75 Å². The molecule has 2 heterocycles. The summed E-state index contributed by atoms with van der Waals surface area (Å²) in [6.07, 6.45) is 4.04. The van der Waals surface area contributed by atoms with Crippen molar-refractivity contribution in [2.45, 2.75) is 30.5 Å². The van der Waals surface area contributed by atoms with Crippen LogP contribution in [0.25, 0.3) is 11.0 Å². The summed E-state index contributed by atoms with van der Waals surface area (Å²) in [6, 6.07) is 7.60. The Balaban J connectivity index is 1.55. The van der Waals surface area contributed by atoms with Gasteiger partial charge in [0.05, 0.1) is 23.3 Å². The van der Waals surface area contributed by atoms with Crippen molar-refractivity contribution < 1.29 is 18.8 Å². The van der Waals surface area contributed by atoms with Gasteiger partial charge in [-0.3, -0.25) is 9.55 Å². The van der Waals surface area contributed by atoms with Gasteiger partial charge in [-0.05, 0) is 37.0 Å². The number of aliphatic hydroxyl groups excluding tert-OH is 1. The molecular weight excluding hydrogens is 357 g/mol. The molecule has 1 aromatic carbocycles. The molecule has 1 aliphatic rings. The van der Waals surface area contributed by atoms with Crippen molar-refractivity contribution in [2.75, 3.05) is 6.61 Å². The maximum Gasteiger partial charge on any atom is 0.326 e. The summed E-state index contributed by atoms with van der Waals surface area (Å²) >= 11 is -1.54. The van der Waals surface area contributed by atoms with Crippen molar-refractivity contribution in [3.05, 3.63) is 48.0 Å². The largest absolute Gasteiger partial charge is 0.609 e. The van der Waals surface area contributed by atoms with Crippen molar-refractivity contribution in [3.8, 4) is 5.75 Å². The number of hydrogen-bond donors (Lipinski definition) is 1. The lowest BCUT2D eigenvalue weighted by Gasteiger charge is -2.11. The number of pyridine rings is 1. The van der Waals surface area contributed by atoms with E-state index in [2.05, 4.69) is 9.97 Å². The normalized spacial score (nSPS) is 15.3. The van der Waals surface area contributed by atoms with Gasteiger partial charge >= 0.3 is 5.16 Å². The van der Waals surface area contributed by atoms with Crippen molar-refractivity contribution in [1.29, 1.82) is 0 Å². The van der Waals surface area contributed by atoms with Crippen LogP contribution in [0.4, 0.5) is 4.39 Å². The maximum atomic E-state index is 13.5. The van der Waals surface area contributed by atoms with E-state index in [4.69, 9.17) is 4.74 Å². The van der Waals surface area contributed by atoms with Crippen LogP contribution < -0.4 is 4.74 Å².